The summed E-state index contributed by atoms with van der Waals surface area (Å²) in [7, 11) is 1.86. The highest BCUT2D eigenvalue weighted by molar-refractivity contribution is 5.40. The molecule has 0 bridgehead atoms. The third kappa shape index (κ3) is 2.57. The predicted octanol–water partition coefficient (Wildman–Crippen LogP) is 2.12. The number of hydrogen-bond acceptors (Lipinski definition) is 4. The van der Waals surface area contributed by atoms with E-state index in [1.165, 1.54) is 0 Å². The topological polar surface area (TPSA) is 59.3 Å². The maximum absolute atomic E-state index is 9.57. The summed E-state index contributed by atoms with van der Waals surface area (Å²) in [6, 6.07) is 6.83. The van der Waals surface area contributed by atoms with Crippen LogP contribution in [-0.4, -0.2) is 21.9 Å². The van der Waals surface area contributed by atoms with Crippen LogP contribution in [0.1, 0.15) is 13.1 Å². The molecule has 1 aromatic heterocycles. The van der Waals surface area contributed by atoms with Gasteiger partial charge in [-0.15, -0.1) is 0 Å². The first-order chi connectivity index (χ1) is 8.20. The van der Waals surface area contributed by atoms with Gasteiger partial charge in [0.1, 0.15) is 0 Å². The first-order valence-electron chi connectivity index (χ1n) is 5.38. The number of phenols is 1. The second kappa shape index (κ2) is 4.88. The van der Waals surface area contributed by atoms with Gasteiger partial charge in [0.15, 0.2) is 17.2 Å². The van der Waals surface area contributed by atoms with E-state index in [2.05, 4.69) is 10.4 Å². The van der Waals surface area contributed by atoms with E-state index in [-0.39, 0.29) is 11.9 Å². The Morgan fingerprint density at radius 3 is 2.88 bits per heavy atom. The fourth-order valence-corrected chi connectivity index (χ4v) is 1.39. The van der Waals surface area contributed by atoms with Crippen LogP contribution in [0, 0.1) is 0 Å². The van der Waals surface area contributed by atoms with Gasteiger partial charge < -0.3 is 9.84 Å². The fraction of sp³-hybridized carbons (Fsp3) is 0.250. The quantitative estimate of drug-likeness (QED) is 0.849. The molecular formula is C12H15N3O2. The lowest BCUT2D eigenvalue weighted by Crippen LogP contribution is -2.19. The van der Waals surface area contributed by atoms with E-state index in [9.17, 15) is 5.11 Å². The Bertz CT molecular complexity index is 496. The van der Waals surface area contributed by atoms with Crippen molar-refractivity contribution in [3.05, 3.63) is 36.7 Å². The molecule has 17 heavy (non-hydrogen) atoms. The Labute approximate surface area is 99.6 Å². The van der Waals surface area contributed by atoms with Gasteiger partial charge in [-0.05, 0) is 26.1 Å². The van der Waals surface area contributed by atoms with Crippen LogP contribution in [0.5, 0.6) is 17.2 Å². The van der Waals surface area contributed by atoms with Crippen molar-refractivity contribution >= 4 is 0 Å². The number of hydrogen-bond donors (Lipinski definition) is 2. The molecule has 1 atom stereocenters. The highest BCUT2D eigenvalue weighted by atomic mass is 16.5. The molecule has 90 valence electrons. The summed E-state index contributed by atoms with van der Waals surface area (Å²) in [4.78, 5) is 0. The summed E-state index contributed by atoms with van der Waals surface area (Å²) in [5.74, 6) is 1.12. The second-order valence-electron chi connectivity index (χ2n) is 3.69. The molecule has 5 heteroatoms. The van der Waals surface area contributed by atoms with Crippen molar-refractivity contribution in [2.45, 2.75) is 13.1 Å². The zero-order valence-electron chi connectivity index (χ0n) is 9.79. The van der Waals surface area contributed by atoms with Gasteiger partial charge >= 0.3 is 0 Å². The van der Waals surface area contributed by atoms with E-state index in [1.54, 1.807) is 41.3 Å². The van der Waals surface area contributed by atoms with Gasteiger partial charge in [-0.3, -0.25) is 10.00 Å². The van der Waals surface area contributed by atoms with Crippen LogP contribution in [0.25, 0.3) is 0 Å². The highest BCUT2D eigenvalue weighted by Crippen LogP contribution is 2.29. The van der Waals surface area contributed by atoms with Gasteiger partial charge in [-0.25, -0.2) is 0 Å². The molecule has 0 saturated carbocycles. The summed E-state index contributed by atoms with van der Waals surface area (Å²) < 4.78 is 7.27. The number of nitrogens with zero attached hydrogens (tertiary/aromatic N) is 2. The number of nitrogens with one attached hydrogen (secondary N) is 1. The van der Waals surface area contributed by atoms with Gasteiger partial charge in [-0.1, -0.05) is 12.1 Å². The second-order valence-corrected chi connectivity index (χ2v) is 3.69. The van der Waals surface area contributed by atoms with Crippen molar-refractivity contribution in [3.63, 3.8) is 0 Å². The summed E-state index contributed by atoms with van der Waals surface area (Å²) in [6.07, 6.45) is 3.48. The number of aromatic hydroxyl groups is 1. The highest BCUT2D eigenvalue weighted by Gasteiger charge is 2.07. The Morgan fingerprint density at radius 2 is 2.18 bits per heavy atom. The molecule has 2 N–H and O–H groups in total. The van der Waals surface area contributed by atoms with E-state index in [0.29, 0.717) is 11.5 Å². The molecule has 2 aromatic rings. The third-order valence-electron chi connectivity index (χ3n) is 2.49. The zero-order valence-corrected chi connectivity index (χ0v) is 9.79. The number of rotatable bonds is 4. The summed E-state index contributed by atoms with van der Waals surface area (Å²) >= 11 is 0. The molecule has 0 saturated heterocycles. The van der Waals surface area contributed by atoms with E-state index in [0.717, 1.165) is 0 Å². The Hall–Kier alpha value is -2.01. The maximum Gasteiger partial charge on any atom is 0.169 e. The molecular weight excluding hydrogens is 218 g/mol. The zero-order chi connectivity index (χ0) is 12.3. The fourth-order valence-electron chi connectivity index (χ4n) is 1.39. The molecule has 1 aromatic carbocycles. The van der Waals surface area contributed by atoms with Crippen molar-refractivity contribution in [1.82, 2.24) is 15.1 Å². The summed E-state index contributed by atoms with van der Waals surface area (Å²) in [5.41, 5.74) is 0. The number of phenolic OH excluding ortho intramolecular Hbond substituents is 1. The molecule has 0 amide bonds. The van der Waals surface area contributed by atoms with Crippen LogP contribution in [0.15, 0.2) is 36.7 Å². The SMILES string of the molecule is CNC(C)n1cc(Oc2ccccc2O)cn1. The van der Waals surface area contributed by atoms with Crippen LogP contribution in [-0.2, 0) is 0 Å². The smallest absolute Gasteiger partial charge is 0.169 e. The average Bonchev–Trinajstić information content (AvgIpc) is 2.80. The molecule has 0 aliphatic rings. The normalized spacial score (nSPS) is 12.4. The minimum atomic E-state index is 0.0942. The molecule has 0 fully saturated rings. The molecule has 1 unspecified atom stereocenters. The van der Waals surface area contributed by atoms with Crippen LogP contribution in [0.2, 0.25) is 0 Å². The largest absolute Gasteiger partial charge is 0.504 e. The van der Waals surface area contributed by atoms with Crippen LogP contribution in [0.3, 0.4) is 0 Å². The number of benzene rings is 1. The molecule has 5 nitrogen and oxygen atoms in total. The Kier molecular flexibility index (Phi) is 3.30. The number of para-hydroxylation sites is 2. The van der Waals surface area contributed by atoms with E-state index in [1.807, 2.05) is 14.0 Å². The maximum atomic E-state index is 9.57. The summed E-state index contributed by atoms with van der Waals surface area (Å²) in [5, 5.41) is 16.8. The first-order valence-corrected chi connectivity index (χ1v) is 5.38. The number of aromatic nitrogens is 2. The molecule has 0 radical (unpaired) electrons. The first kappa shape index (κ1) is 11.5. The molecule has 2 rings (SSSR count). The lowest BCUT2D eigenvalue weighted by atomic mass is 10.3. The monoisotopic (exact) mass is 233 g/mol. The minimum absolute atomic E-state index is 0.0942. The van der Waals surface area contributed by atoms with Crippen molar-refractivity contribution in [2.24, 2.45) is 0 Å². The van der Waals surface area contributed by atoms with Crippen molar-refractivity contribution in [1.29, 1.82) is 0 Å². The Morgan fingerprint density at radius 1 is 1.41 bits per heavy atom. The Balaban J connectivity index is 2.14. The van der Waals surface area contributed by atoms with Gasteiger partial charge in [0.05, 0.1) is 18.6 Å². The van der Waals surface area contributed by atoms with Crippen molar-refractivity contribution in [2.75, 3.05) is 7.05 Å². The standard InChI is InChI=1S/C12H15N3O2/c1-9(13-2)15-8-10(7-14-15)17-12-6-4-3-5-11(12)16/h3-9,13,16H,1-2H3. The summed E-state index contributed by atoms with van der Waals surface area (Å²) in [6.45, 7) is 1.98. The van der Waals surface area contributed by atoms with Crippen molar-refractivity contribution in [3.8, 4) is 17.2 Å². The van der Waals surface area contributed by atoms with Crippen LogP contribution in [0.4, 0.5) is 0 Å². The molecule has 0 spiro atoms. The van der Waals surface area contributed by atoms with Gasteiger partial charge in [0.25, 0.3) is 0 Å². The van der Waals surface area contributed by atoms with E-state index < -0.39 is 0 Å². The van der Waals surface area contributed by atoms with Gasteiger partial charge in [-0.2, -0.15) is 5.10 Å². The van der Waals surface area contributed by atoms with Crippen molar-refractivity contribution < 1.29 is 9.84 Å². The van der Waals surface area contributed by atoms with Crippen LogP contribution < -0.4 is 10.1 Å². The lowest BCUT2D eigenvalue weighted by molar-refractivity contribution is 0.406. The average molecular weight is 233 g/mol. The van der Waals surface area contributed by atoms with E-state index in [4.69, 9.17) is 4.74 Å². The predicted molar refractivity (Wildman–Crippen MR) is 64.2 cm³/mol. The van der Waals surface area contributed by atoms with Gasteiger partial charge in [0, 0.05) is 0 Å². The molecule has 1 heterocycles. The minimum Gasteiger partial charge on any atom is -0.504 e. The molecule has 0 aliphatic heterocycles. The van der Waals surface area contributed by atoms with Crippen LogP contribution >= 0.6 is 0 Å². The van der Waals surface area contributed by atoms with Gasteiger partial charge in [0.2, 0.25) is 0 Å². The number of ether oxygens (including phenoxy) is 1. The lowest BCUT2D eigenvalue weighted by Gasteiger charge is -2.09. The molecule has 0 aliphatic carbocycles. The van der Waals surface area contributed by atoms with E-state index >= 15 is 0 Å². The third-order valence-corrected chi connectivity index (χ3v) is 2.49.